The molecule has 0 aliphatic heterocycles. The molecule has 0 saturated carbocycles. The van der Waals surface area contributed by atoms with E-state index in [9.17, 15) is 14.4 Å². The fourth-order valence-corrected chi connectivity index (χ4v) is 4.53. The Kier molecular flexibility index (Phi) is 12.5. The van der Waals surface area contributed by atoms with Gasteiger partial charge in [0.1, 0.15) is 17.7 Å². The number of alkyl carbamates (subject to hydrolysis) is 1. The first-order valence-corrected chi connectivity index (χ1v) is 14.5. The largest absolute Gasteiger partial charge is 0.444 e. The molecule has 0 bridgehead atoms. The Bertz CT molecular complexity index is 1190. The minimum absolute atomic E-state index is 0.231. The second-order valence-corrected chi connectivity index (χ2v) is 12.4. The maximum atomic E-state index is 14.5. The Hall–Kier alpha value is -3.79. The molecule has 2 rings (SSSR count). The Balaban J connectivity index is 2.63. The number of unbranched alkanes of at least 4 members (excludes halogenated alkanes) is 3. The van der Waals surface area contributed by atoms with Gasteiger partial charge in [0, 0.05) is 24.1 Å². The third-order valence-electron chi connectivity index (χ3n) is 6.28. The number of benzene rings is 2. The van der Waals surface area contributed by atoms with Crippen LogP contribution in [0.5, 0.6) is 0 Å². The first-order chi connectivity index (χ1) is 19.3. The Morgan fingerprint density at radius 3 is 2.15 bits per heavy atom. The van der Waals surface area contributed by atoms with Crippen LogP contribution in [0.4, 0.5) is 4.79 Å². The monoisotopic (exact) mass is 561 g/mol. The van der Waals surface area contributed by atoms with Gasteiger partial charge in [0.25, 0.3) is 0 Å². The molecule has 0 radical (unpaired) electrons. The molecule has 2 unspecified atom stereocenters. The van der Waals surface area contributed by atoms with E-state index >= 15 is 0 Å². The predicted octanol–water partition coefficient (Wildman–Crippen LogP) is 6.17. The van der Waals surface area contributed by atoms with Crippen molar-refractivity contribution in [3.05, 3.63) is 71.3 Å². The van der Waals surface area contributed by atoms with E-state index in [-0.39, 0.29) is 18.2 Å². The summed E-state index contributed by atoms with van der Waals surface area (Å²) in [6.07, 6.45) is 9.02. The van der Waals surface area contributed by atoms with Crippen molar-refractivity contribution in [1.29, 1.82) is 0 Å². The molecule has 2 atom stereocenters. The van der Waals surface area contributed by atoms with Gasteiger partial charge in [-0.05, 0) is 65.2 Å². The number of terminal acetylenes is 1. The molecular weight excluding hydrogens is 514 g/mol. The molecule has 41 heavy (non-hydrogen) atoms. The molecule has 0 spiro atoms. The molecule has 2 N–H and O–H groups in total. The van der Waals surface area contributed by atoms with Crippen LogP contribution < -0.4 is 10.6 Å². The van der Waals surface area contributed by atoms with Crippen molar-refractivity contribution in [2.24, 2.45) is 0 Å². The van der Waals surface area contributed by atoms with Crippen LogP contribution in [-0.2, 0) is 20.7 Å². The molecule has 0 fully saturated rings. The lowest BCUT2D eigenvalue weighted by Crippen LogP contribution is -2.55. The lowest BCUT2D eigenvalue weighted by Gasteiger charge is -2.36. The molecule has 222 valence electrons. The maximum absolute atomic E-state index is 14.5. The SMILES string of the molecule is C#Cc1ccccc1C(C(=O)NC(C)(C)C)N(CCCCCC)C(=O)C(Cc1ccccc1)NC(=O)OC(C)(C)C. The average molecular weight is 562 g/mol. The van der Waals surface area contributed by atoms with E-state index in [0.29, 0.717) is 24.1 Å². The highest BCUT2D eigenvalue weighted by Crippen LogP contribution is 2.27. The summed E-state index contributed by atoms with van der Waals surface area (Å²) >= 11 is 0. The normalized spacial score (nSPS) is 12.9. The van der Waals surface area contributed by atoms with Gasteiger partial charge in [0.15, 0.2) is 0 Å². The van der Waals surface area contributed by atoms with Crippen LogP contribution >= 0.6 is 0 Å². The van der Waals surface area contributed by atoms with Gasteiger partial charge in [0.2, 0.25) is 11.8 Å². The third kappa shape index (κ3) is 11.3. The minimum Gasteiger partial charge on any atom is -0.444 e. The van der Waals surface area contributed by atoms with Crippen molar-refractivity contribution in [1.82, 2.24) is 15.5 Å². The van der Waals surface area contributed by atoms with E-state index in [4.69, 9.17) is 11.2 Å². The molecule has 3 amide bonds. The summed E-state index contributed by atoms with van der Waals surface area (Å²) < 4.78 is 5.52. The molecule has 0 aliphatic rings. The highest BCUT2D eigenvalue weighted by molar-refractivity contribution is 5.93. The third-order valence-corrected chi connectivity index (χ3v) is 6.28. The summed E-state index contributed by atoms with van der Waals surface area (Å²) in [7, 11) is 0. The zero-order chi connectivity index (χ0) is 30.6. The van der Waals surface area contributed by atoms with Gasteiger partial charge in [-0.1, -0.05) is 80.6 Å². The number of ether oxygens (including phenoxy) is 1. The van der Waals surface area contributed by atoms with Crippen molar-refractivity contribution >= 4 is 17.9 Å². The molecule has 0 aromatic heterocycles. The Morgan fingerprint density at radius 1 is 0.927 bits per heavy atom. The van der Waals surface area contributed by atoms with E-state index in [1.165, 1.54) is 0 Å². The number of nitrogens with one attached hydrogen (secondary N) is 2. The van der Waals surface area contributed by atoms with E-state index in [2.05, 4.69) is 23.5 Å². The second-order valence-electron chi connectivity index (χ2n) is 12.4. The molecule has 2 aromatic rings. The quantitative estimate of drug-likeness (QED) is 0.240. The number of hydrogen-bond donors (Lipinski definition) is 2. The summed E-state index contributed by atoms with van der Waals surface area (Å²) in [5.41, 5.74) is 0.678. The summed E-state index contributed by atoms with van der Waals surface area (Å²) in [5, 5.41) is 5.85. The standard InChI is InChI=1S/C34H47N3O4/c1-9-11-12-18-23-37(29(30(38)36-33(3,4)5)27-22-17-16-21-26(27)10-2)31(39)28(24-25-19-14-13-15-20-25)35-32(40)41-34(6,7)8/h2,13-17,19-22,28-29H,9,11-12,18,23-24H2,1,3-8H3,(H,35,40)(H,36,38). The number of hydrogen-bond acceptors (Lipinski definition) is 4. The molecule has 0 aliphatic carbocycles. The smallest absolute Gasteiger partial charge is 0.408 e. The first kappa shape index (κ1) is 33.4. The van der Waals surface area contributed by atoms with Crippen LogP contribution in [0.1, 0.15) is 96.9 Å². The topological polar surface area (TPSA) is 87.7 Å². The number of nitrogens with zero attached hydrogens (tertiary/aromatic N) is 1. The van der Waals surface area contributed by atoms with Crippen LogP contribution in [0.15, 0.2) is 54.6 Å². The average Bonchev–Trinajstić information content (AvgIpc) is 2.88. The number of carbonyl (C=O) groups is 3. The fourth-order valence-electron chi connectivity index (χ4n) is 4.53. The number of carbonyl (C=O) groups excluding carboxylic acids is 3. The van der Waals surface area contributed by atoms with Crippen molar-refractivity contribution in [3.63, 3.8) is 0 Å². The second kappa shape index (κ2) is 15.3. The van der Waals surface area contributed by atoms with E-state index in [0.717, 1.165) is 24.8 Å². The van der Waals surface area contributed by atoms with Gasteiger partial charge in [-0.2, -0.15) is 0 Å². The first-order valence-electron chi connectivity index (χ1n) is 14.5. The van der Waals surface area contributed by atoms with Crippen molar-refractivity contribution in [3.8, 4) is 12.3 Å². The molecule has 0 heterocycles. The molecule has 2 aromatic carbocycles. The number of amides is 3. The van der Waals surface area contributed by atoms with Gasteiger partial charge in [0.05, 0.1) is 0 Å². The van der Waals surface area contributed by atoms with Gasteiger partial charge >= 0.3 is 6.09 Å². The summed E-state index contributed by atoms with van der Waals surface area (Å²) in [4.78, 5) is 43.0. The molecular formula is C34H47N3O4. The lowest BCUT2D eigenvalue weighted by atomic mass is 9.95. The summed E-state index contributed by atoms with van der Waals surface area (Å²) in [6.45, 7) is 13.4. The highest BCUT2D eigenvalue weighted by atomic mass is 16.6. The van der Waals surface area contributed by atoms with Gasteiger partial charge in [-0.15, -0.1) is 6.42 Å². The summed E-state index contributed by atoms with van der Waals surface area (Å²) in [5.74, 6) is 1.97. The van der Waals surface area contributed by atoms with Crippen molar-refractivity contribution in [2.45, 2.75) is 104 Å². The van der Waals surface area contributed by atoms with Crippen LogP contribution in [0.2, 0.25) is 0 Å². The predicted molar refractivity (Wildman–Crippen MR) is 164 cm³/mol. The van der Waals surface area contributed by atoms with Gasteiger partial charge in [-0.3, -0.25) is 9.59 Å². The number of rotatable bonds is 12. The lowest BCUT2D eigenvalue weighted by molar-refractivity contribution is -0.143. The van der Waals surface area contributed by atoms with Crippen LogP contribution in [-0.4, -0.2) is 46.5 Å². The molecule has 7 heteroatoms. The van der Waals surface area contributed by atoms with Crippen LogP contribution in [0, 0.1) is 12.3 Å². The fraction of sp³-hybridized carbons (Fsp3) is 0.500. The van der Waals surface area contributed by atoms with Crippen LogP contribution in [0.25, 0.3) is 0 Å². The maximum Gasteiger partial charge on any atom is 0.408 e. The van der Waals surface area contributed by atoms with Gasteiger partial charge in [-0.25, -0.2) is 4.79 Å². The summed E-state index contributed by atoms with van der Waals surface area (Å²) in [6, 6.07) is 14.7. The van der Waals surface area contributed by atoms with E-state index < -0.39 is 29.3 Å². The van der Waals surface area contributed by atoms with Crippen molar-refractivity contribution in [2.75, 3.05) is 6.54 Å². The minimum atomic E-state index is -0.991. The zero-order valence-corrected chi connectivity index (χ0v) is 25.8. The highest BCUT2D eigenvalue weighted by Gasteiger charge is 2.38. The van der Waals surface area contributed by atoms with Crippen molar-refractivity contribution < 1.29 is 19.1 Å². The molecule has 7 nitrogen and oxygen atoms in total. The Morgan fingerprint density at radius 2 is 1.56 bits per heavy atom. The Labute approximate surface area is 246 Å². The van der Waals surface area contributed by atoms with E-state index in [1.807, 2.05) is 63.2 Å². The zero-order valence-electron chi connectivity index (χ0n) is 25.8. The van der Waals surface area contributed by atoms with Crippen LogP contribution in [0.3, 0.4) is 0 Å². The van der Waals surface area contributed by atoms with E-state index in [1.54, 1.807) is 37.8 Å². The molecule has 0 saturated heterocycles. The van der Waals surface area contributed by atoms with Gasteiger partial charge < -0.3 is 20.3 Å².